The normalized spacial score (nSPS) is 15.5. The van der Waals surface area contributed by atoms with Gasteiger partial charge in [0, 0.05) is 23.1 Å². The highest BCUT2D eigenvalue weighted by molar-refractivity contribution is 9.10. The number of nitrogens with one attached hydrogen (secondary N) is 2. The number of carbonyl (C=O) groups is 3. The fourth-order valence-electron chi connectivity index (χ4n) is 3.46. The maximum absolute atomic E-state index is 12.6. The van der Waals surface area contributed by atoms with Gasteiger partial charge in [-0.1, -0.05) is 52.3 Å². The van der Waals surface area contributed by atoms with E-state index in [4.69, 9.17) is 17.0 Å². The first-order valence-electron chi connectivity index (χ1n) is 10.7. The van der Waals surface area contributed by atoms with E-state index in [1.165, 1.54) is 5.56 Å². The third-order valence-corrected chi connectivity index (χ3v) is 6.51. The molecule has 2 aromatic rings. The monoisotopic (exact) mass is 531 g/mol. The Morgan fingerprint density at radius 2 is 2.00 bits per heavy atom. The van der Waals surface area contributed by atoms with Crippen LogP contribution >= 0.6 is 28.1 Å². The third-order valence-electron chi connectivity index (χ3n) is 5.32. The first kappa shape index (κ1) is 24.9. The molecule has 0 aromatic heterocycles. The minimum absolute atomic E-state index is 0.105. The van der Waals surface area contributed by atoms with Gasteiger partial charge in [-0.25, -0.2) is 0 Å². The molecule has 0 aliphatic carbocycles. The molecule has 33 heavy (non-hydrogen) atoms. The average molecular weight is 532 g/mol. The van der Waals surface area contributed by atoms with Gasteiger partial charge >= 0.3 is 5.97 Å². The lowest BCUT2D eigenvalue weighted by atomic mass is 10.1. The quantitative estimate of drug-likeness (QED) is 0.324. The molecule has 1 saturated heterocycles. The summed E-state index contributed by atoms with van der Waals surface area (Å²) in [6, 6.07) is 14.3. The van der Waals surface area contributed by atoms with Crippen molar-refractivity contribution in [2.75, 3.05) is 19.7 Å². The molecule has 1 aliphatic heterocycles. The van der Waals surface area contributed by atoms with Crippen molar-refractivity contribution in [3.05, 3.63) is 69.7 Å². The van der Waals surface area contributed by atoms with Crippen LogP contribution in [0, 0.1) is 6.92 Å². The minimum Gasteiger partial charge on any atom is -0.466 e. The number of hydrogen-bond donors (Lipinski definition) is 2. The number of thiocarbonyl (C=S) groups is 1. The van der Waals surface area contributed by atoms with E-state index in [9.17, 15) is 14.4 Å². The summed E-state index contributed by atoms with van der Waals surface area (Å²) < 4.78 is 6.15. The zero-order valence-electron chi connectivity index (χ0n) is 18.3. The van der Waals surface area contributed by atoms with Gasteiger partial charge < -0.3 is 15.0 Å². The maximum Gasteiger partial charge on any atom is 0.308 e. The van der Waals surface area contributed by atoms with Crippen LogP contribution in [-0.4, -0.2) is 53.5 Å². The molecular weight excluding hydrogens is 506 g/mol. The van der Waals surface area contributed by atoms with Crippen LogP contribution in [0.25, 0.3) is 0 Å². The molecule has 0 saturated carbocycles. The summed E-state index contributed by atoms with van der Waals surface area (Å²) in [6.45, 7) is 2.95. The lowest BCUT2D eigenvalue weighted by molar-refractivity contribution is -0.147. The van der Waals surface area contributed by atoms with E-state index < -0.39 is 12.0 Å². The van der Waals surface area contributed by atoms with E-state index in [-0.39, 0.29) is 30.0 Å². The van der Waals surface area contributed by atoms with Crippen molar-refractivity contribution in [1.82, 2.24) is 15.5 Å². The molecule has 1 aliphatic rings. The summed E-state index contributed by atoms with van der Waals surface area (Å²) in [5.41, 5.74) is 2.61. The highest BCUT2D eigenvalue weighted by Crippen LogP contribution is 2.18. The fraction of sp³-hybridized carbons (Fsp3) is 0.333. The number of nitrogens with zero attached hydrogens (tertiary/aromatic N) is 1. The van der Waals surface area contributed by atoms with Gasteiger partial charge in [-0.15, -0.1) is 0 Å². The van der Waals surface area contributed by atoms with Crippen LogP contribution in [0.5, 0.6) is 0 Å². The van der Waals surface area contributed by atoms with E-state index in [0.29, 0.717) is 25.1 Å². The first-order valence-corrected chi connectivity index (χ1v) is 11.9. The Hall–Kier alpha value is -2.78. The van der Waals surface area contributed by atoms with E-state index in [1.807, 2.05) is 43.3 Å². The molecule has 1 unspecified atom stereocenters. The van der Waals surface area contributed by atoms with Gasteiger partial charge in [0.15, 0.2) is 5.11 Å². The number of aryl methyl sites for hydroxylation is 2. The first-order chi connectivity index (χ1) is 15.8. The molecule has 1 heterocycles. The molecule has 7 nitrogen and oxygen atoms in total. The fourth-order valence-corrected chi connectivity index (χ4v) is 4.15. The summed E-state index contributed by atoms with van der Waals surface area (Å²) in [5.74, 6) is -1.18. The topological polar surface area (TPSA) is 87.7 Å². The van der Waals surface area contributed by atoms with Crippen molar-refractivity contribution in [3.8, 4) is 0 Å². The zero-order chi connectivity index (χ0) is 23.8. The van der Waals surface area contributed by atoms with Gasteiger partial charge in [-0.05, 0) is 55.2 Å². The van der Waals surface area contributed by atoms with E-state index in [1.54, 1.807) is 17.0 Å². The number of ether oxygens (including phenoxy) is 1. The molecule has 3 rings (SSSR count). The van der Waals surface area contributed by atoms with Gasteiger partial charge in [0.25, 0.3) is 5.91 Å². The van der Waals surface area contributed by atoms with Crippen molar-refractivity contribution in [3.63, 3.8) is 0 Å². The second-order valence-corrected chi connectivity index (χ2v) is 8.98. The molecule has 2 aromatic carbocycles. The van der Waals surface area contributed by atoms with Gasteiger partial charge in [0.1, 0.15) is 6.04 Å². The molecule has 1 fully saturated rings. The molecule has 9 heteroatoms. The summed E-state index contributed by atoms with van der Waals surface area (Å²) in [6.07, 6.45) is 1.34. The van der Waals surface area contributed by atoms with Crippen molar-refractivity contribution in [2.24, 2.45) is 0 Å². The van der Waals surface area contributed by atoms with Gasteiger partial charge in [0.2, 0.25) is 5.91 Å². The Bertz CT molecular complexity index is 1030. The number of piperazine rings is 1. The van der Waals surface area contributed by atoms with Gasteiger partial charge in [-0.2, -0.15) is 0 Å². The Labute approximate surface area is 207 Å². The van der Waals surface area contributed by atoms with Crippen LogP contribution in [-0.2, 0) is 20.7 Å². The van der Waals surface area contributed by atoms with Gasteiger partial charge in [-0.3, -0.25) is 19.7 Å². The molecule has 0 bridgehead atoms. The summed E-state index contributed by atoms with van der Waals surface area (Å²) >= 11 is 8.82. The number of rotatable bonds is 7. The number of benzene rings is 2. The summed E-state index contributed by atoms with van der Waals surface area (Å²) in [4.78, 5) is 39.0. The lowest BCUT2D eigenvalue weighted by Crippen LogP contribution is -2.60. The average Bonchev–Trinajstić information content (AvgIpc) is 2.80. The van der Waals surface area contributed by atoms with Crippen LogP contribution < -0.4 is 10.6 Å². The predicted octanol–water partition coefficient (Wildman–Crippen LogP) is 3.14. The molecule has 174 valence electrons. The Morgan fingerprint density at radius 3 is 2.73 bits per heavy atom. The molecule has 0 spiro atoms. The van der Waals surface area contributed by atoms with Crippen molar-refractivity contribution < 1.29 is 19.1 Å². The molecule has 1 atom stereocenters. The van der Waals surface area contributed by atoms with Crippen LogP contribution in [0.4, 0.5) is 0 Å². The molecule has 0 radical (unpaired) electrons. The van der Waals surface area contributed by atoms with E-state index in [0.717, 1.165) is 16.5 Å². The number of esters is 1. The second kappa shape index (κ2) is 11.9. The van der Waals surface area contributed by atoms with Crippen LogP contribution in [0.2, 0.25) is 0 Å². The van der Waals surface area contributed by atoms with Crippen LogP contribution in [0.15, 0.2) is 53.0 Å². The van der Waals surface area contributed by atoms with Gasteiger partial charge in [0.05, 0.1) is 13.0 Å². The smallest absolute Gasteiger partial charge is 0.308 e. The predicted molar refractivity (Wildman–Crippen MR) is 133 cm³/mol. The van der Waals surface area contributed by atoms with E-state index >= 15 is 0 Å². The second-order valence-electron chi connectivity index (χ2n) is 7.74. The Kier molecular flexibility index (Phi) is 8.96. The van der Waals surface area contributed by atoms with Crippen LogP contribution in [0.3, 0.4) is 0 Å². The number of halogens is 1. The van der Waals surface area contributed by atoms with Crippen molar-refractivity contribution >= 4 is 51.0 Å². The zero-order valence-corrected chi connectivity index (χ0v) is 20.7. The van der Waals surface area contributed by atoms with Crippen LogP contribution in [0.1, 0.15) is 34.3 Å². The number of amides is 2. The highest BCUT2D eigenvalue weighted by Gasteiger charge is 2.34. The Balaban J connectivity index is 1.53. The van der Waals surface area contributed by atoms with Crippen molar-refractivity contribution in [1.29, 1.82) is 0 Å². The SMILES string of the molecule is Cc1ccc(C(=O)NC(=S)N2CCNC(=O)C2CC(=O)OCCCc2ccccc2)cc1Br. The lowest BCUT2D eigenvalue weighted by Gasteiger charge is -2.36. The standard InChI is InChI=1S/C24H26BrN3O4S/c1-16-9-10-18(14-19(16)25)22(30)27-24(33)28-12-11-26-23(31)20(28)15-21(29)32-13-5-8-17-6-3-2-4-7-17/h2-4,6-7,9-10,14,20H,5,8,11-13,15H2,1H3,(H,26,31)(H,27,30,33). The number of hydrogen-bond acceptors (Lipinski definition) is 5. The molecular formula is C24H26BrN3O4S. The largest absolute Gasteiger partial charge is 0.466 e. The molecule has 2 N–H and O–H groups in total. The number of carbonyl (C=O) groups excluding carboxylic acids is 3. The maximum atomic E-state index is 12.6. The summed E-state index contributed by atoms with van der Waals surface area (Å²) in [7, 11) is 0. The Morgan fingerprint density at radius 1 is 1.24 bits per heavy atom. The van der Waals surface area contributed by atoms with E-state index in [2.05, 4.69) is 26.6 Å². The third kappa shape index (κ3) is 7.10. The summed E-state index contributed by atoms with van der Waals surface area (Å²) in [5, 5.41) is 5.52. The highest BCUT2D eigenvalue weighted by atomic mass is 79.9. The minimum atomic E-state index is -0.835. The molecule has 2 amide bonds. The van der Waals surface area contributed by atoms with Crippen molar-refractivity contribution in [2.45, 2.75) is 32.2 Å².